The van der Waals surface area contributed by atoms with E-state index in [2.05, 4.69) is 17.0 Å². The number of benzene rings is 2. The number of hydrogen-bond acceptors (Lipinski definition) is 7. The standard InChI is InChI=1S/C22H27N3O4S/c1-15-21(26)25(19-9-8-18(27-2)14-20(19)28-3)22(30)24(15)17-6-4-16(5-7-17)23-10-12-29-13-11-23/h4-9,14-15,22,30H,10-13H2,1-3H3. The number of amides is 1. The fraction of sp³-hybridized carbons (Fsp3) is 0.409. The van der Waals surface area contributed by atoms with E-state index in [9.17, 15) is 4.79 Å². The summed E-state index contributed by atoms with van der Waals surface area (Å²) in [6.45, 7) is 5.17. The van der Waals surface area contributed by atoms with Crippen molar-refractivity contribution >= 4 is 35.6 Å². The molecule has 30 heavy (non-hydrogen) atoms. The first-order valence-electron chi connectivity index (χ1n) is 9.99. The SMILES string of the molecule is COc1ccc(N2C(=O)C(C)N(c3ccc(N4CCOCC4)cc3)C2S)c(OC)c1. The monoisotopic (exact) mass is 429 g/mol. The normalized spacial score (nSPS) is 21.9. The summed E-state index contributed by atoms with van der Waals surface area (Å²) in [5.41, 5.74) is 2.32. The van der Waals surface area contributed by atoms with E-state index < -0.39 is 5.50 Å². The van der Waals surface area contributed by atoms with E-state index >= 15 is 0 Å². The molecule has 1 amide bonds. The van der Waals surface area contributed by atoms with Crippen molar-refractivity contribution in [3.63, 3.8) is 0 Å². The topological polar surface area (TPSA) is 54.5 Å². The number of carbonyl (C=O) groups is 1. The maximum atomic E-state index is 13.2. The molecule has 2 atom stereocenters. The molecule has 7 nitrogen and oxygen atoms in total. The molecule has 4 rings (SSSR count). The Morgan fingerprint density at radius 3 is 2.30 bits per heavy atom. The van der Waals surface area contributed by atoms with Crippen molar-refractivity contribution in [3.05, 3.63) is 42.5 Å². The molecule has 2 aliphatic heterocycles. The van der Waals surface area contributed by atoms with E-state index in [1.807, 2.05) is 36.1 Å². The predicted molar refractivity (Wildman–Crippen MR) is 121 cm³/mol. The average molecular weight is 430 g/mol. The predicted octanol–water partition coefficient (Wildman–Crippen LogP) is 3.00. The van der Waals surface area contributed by atoms with Gasteiger partial charge in [0.05, 0.1) is 33.1 Å². The second-order valence-electron chi connectivity index (χ2n) is 7.29. The summed E-state index contributed by atoms with van der Waals surface area (Å²) >= 11 is 4.80. The van der Waals surface area contributed by atoms with Crippen molar-refractivity contribution in [1.82, 2.24) is 0 Å². The van der Waals surface area contributed by atoms with Gasteiger partial charge in [0.2, 0.25) is 0 Å². The maximum absolute atomic E-state index is 13.2. The molecular formula is C22H27N3O4S. The first-order chi connectivity index (χ1) is 14.5. The van der Waals surface area contributed by atoms with Gasteiger partial charge in [-0.05, 0) is 43.3 Å². The fourth-order valence-electron chi connectivity index (χ4n) is 4.00. The number of morpholine rings is 1. The lowest BCUT2D eigenvalue weighted by Gasteiger charge is -2.31. The van der Waals surface area contributed by atoms with E-state index in [1.54, 1.807) is 25.2 Å². The van der Waals surface area contributed by atoms with Crippen LogP contribution >= 0.6 is 12.6 Å². The third-order valence-corrected chi connectivity index (χ3v) is 6.14. The molecule has 2 saturated heterocycles. The van der Waals surface area contributed by atoms with Gasteiger partial charge in [0.15, 0.2) is 5.50 Å². The minimum atomic E-state index is -0.455. The molecule has 2 unspecified atom stereocenters. The van der Waals surface area contributed by atoms with Crippen LogP contribution in [0, 0.1) is 0 Å². The molecule has 2 fully saturated rings. The molecule has 0 aromatic heterocycles. The lowest BCUT2D eigenvalue weighted by Crippen LogP contribution is -2.37. The number of methoxy groups -OCH3 is 2. The highest BCUT2D eigenvalue weighted by atomic mass is 32.1. The Kier molecular flexibility index (Phi) is 5.97. The average Bonchev–Trinajstić information content (AvgIpc) is 3.02. The van der Waals surface area contributed by atoms with Gasteiger partial charge in [-0.3, -0.25) is 9.69 Å². The van der Waals surface area contributed by atoms with Gasteiger partial charge in [0.1, 0.15) is 17.5 Å². The fourth-order valence-corrected chi connectivity index (χ4v) is 4.57. The van der Waals surface area contributed by atoms with Crippen molar-refractivity contribution in [3.8, 4) is 11.5 Å². The molecule has 0 saturated carbocycles. The Hall–Kier alpha value is -2.58. The van der Waals surface area contributed by atoms with Gasteiger partial charge in [-0.2, -0.15) is 0 Å². The maximum Gasteiger partial charge on any atom is 0.252 e. The van der Waals surface area contributed by atoms with Crippen LogP contribution in [0.15, 0.2) is 42.5 Å². The molecule has 2 aliphatic rings. The van der Waals surface area contributed by atoms with Crippen LogP contribution in [0.2, 0.25) is 0 Å². The van der Waals surface area contributed by atoms with E-state index in [0.717, 1.165) is 37.7 Å². The highest BCUT2D eigenvalue weighted by molar-refractivity contribution is 7.81. The van der Waals surface area contributed by atoms with Crippen LogP contribution in [0.5, 0.6) is 11.5 Å². The highest BCUT2D eigenvalue weighted by Gasteiger charge is 2.43. The number of ether oxygens (including phenoxy) is 3. The number of hydrogen-bond donors (Lipinski definition) is 1. The first-order valence-corrected chi connectivity index (χ1v) is 10.5. The lowest BCUT2D eigenvalue weighted by molar-refractivity contribution is -0.117. The molecule has 8 heteroatoms. The summed E-state index contributed by atoms with van der Waals surface area (Å²) in [7, 11) is 3.18. The summed E-state index contributed by atoms with van der Waals surface area (Å²) in [4.78, 5) is 19.1. The zero-order chi connectivity index (χ0) is 21.3. The molecule has 2 aromatic carbocycles. The number of anilines is 3. The molecule has 0 aliphatic carbocycles. The van der Waals surface area contributed by atoms with Crippen molar-refractivity contribution in [1.29, 1.82) is 0 Å². The zero-order valence-electron chi connectivity index (χ0n) is 17.4. The van der Waals surface area contributed by atoms with Crippen molar-refractivity contribution in [2.75, 3.05) is 55.2 Å². The van der Waals surface area contributed by atoms with Crippen LogP contribution in [0.1, 0.15) is 6.92 Å². The second kappa shape index (κ2) is 8.65. The molecule has 160 valence electrons. The van der Waals surface area contributed by atoms with Gasteiger partial charge < -0.3 is 24.0 Å². The van der Waals surface area contributed by atoms with Gasteiger partial charge >= 0.3 is 0 Å². The van der Waals surface area contributed by atoms with Crippen molar-refractivity contribution in [2.45, 2.75) is 18.5 Å². The molecule has 2 aromatic rings. The third-order valence-electron chi connectivity index (χ3n) is 5.66. The van der Waals surface area contributed by atoms with E-state index in [-0.39, 0.29) is 11.9 Å². The molecule has 0 radical (unpaired) electrons. The molecule has 0 spiro atoms. The van der Waals surface area contributed by atoms with E-state index in [1.165, 1.54) is 0 Å². The number of rotatable bonds is 5. The van der Waals surface area contributed by atoms with Gasteiger partial charge in [-0.25, -0.2) is 0 Å². The van der Waals surface area contributed by atoms with Crippen LogP contribution in [-0.4, -0.2) is 58.0 Å². The summed E-state index contributed by atoms with van der Waals surface area (Å²) in [5.74, 6) is 1.20. The van der Waals surface area contributed by atoms with Crippen LogP contribution < -0.4 is 24.2 Å². The Balaban J connectivity index is 1.61. The Morgan fingerprint density at radius 1 is 1.00 bits per heavy atom. The minimum Gasteiger partial charge on any atom is -0.497 e. The first kappa shape index (κ1) is 20.7. The summed E-state index contributed by atoms with van der Waals surface area (Å²) in [5, 5.41) is 0. The quantitative estimate of drug-likeness (QED) is 0.738. The van der Waals surface area contributed by atoms with Gasteiger partial charge in [0.25, 0.3) is 5.91 Å². The Labute approximate surface area is 182 Å². The van der Waals surface area contributed by atoms with E-state index in [0.29, 0.717) is 17.2 Å². The number of carbonyl (C=O) groups excluding carboxylic acids is 1. The second-order valence-corrected chi connectivity index (χ2v) is 7.75. The highest BCUT2D eigenvalue weighted by Crippen LogP contribution is 2.40. The Bertz CT molecular complexity index is 902. The summed E-state index contributed by atoms with van der Waals surface area (Å²) < 4.78 is 16.2. The third kappa shape index (κ3) is 3.65. The summed E-state index contributed by atoms with van der Waals surface area (Å²) in [6, 6.07) is 13.3. The Morgan fingerprint density at radius 2 is 1.67 bits per heavy atom. The van der Waals surface area contributed by atoms with Crippen molar-refractivity contribution in [2.24, 2.45) is 0 Å². The van der Waals surface area contributed by atoms with Gasteiger partial charge in [0, 0.05) is 30.5 Å². The van der Waals surface area contributed by atoms with Crippen LogP contribution in [0.4, 0.5) is 17.1 Å². The lowest BCUT2D eigenvalue weighted by atomic mass is 10.2. The van der Waals surface area contributed by atoms with Crippen LogP contribution in [0.3, 0.4) is 0 Å². The number of nitrogens with zero attached hydrogens (tertiary/aromatic N) is 3. The van der Waals surface area contributed by atoms with Crippen LogP contribution in [0.25, 0.3) is 0 Å². The molecule has 0 bridgehead atoms. The van der Waals surface area contributed by atoms with Gasteiger partial charge in [-0.1, -0.05) is 0 Å². The summed E-state index contributed by atoms with van der Waals surface area (Å²) in [6.07, 6.45) is 0. The molecule has 2 heterocycles. The zero-order valence-corrected chi connectivity index (χ0v) is 18.3. The van der Waals surface area contributed by atoms with E-state index in [4.69, 9.17) is 26.8 Å². The van der Waals surface area contributed by atoms with Gasteiger partial charge in [-0.15, -0.1) is 12.6 Å². The largest absolute Gasteiger partial charge is 0.497 e. The van der Waals surface area contributed by atoms with Crippen LogP contribution in [-0.2, 0) is 9.53 Å². The minimum absolute atomic E-state index is 0.0317. The van der Waals surface area contributed by atoms with Crippen molar-refractivity contribution < 1.29 is 19.0 Å². The molecule has 0 N–H and O–H groups in total. The number of thiol groups is 1. The molecular weight excluding hydrogens is 402 g/mol. The smallest absolute Gasteiger partial charge is 0.252 e.